The molecule has 22 heavy (non-hydrogen) atoms. The van der Waals surface area contributed by atoms with Crippen LogP contribution in [0.25, 0.3) is 10.6 Å². The van der Waals surface area contributed by atoms with Crippen LogP contribution in [0.1, 0.15) is 34.5 Å². The average molecular weight is 313 g/mol. The Hall–Kier alpha value is -1.72. The molecular weight excluding hydrogens is 294 g/mol. The summed E-state index contributed by atoms with van der Waals surface area (Å²) in [5.74, 6) is 0.00996. The molecule has 4 nitrogen and oxygen atoms in total. The molecule has 2 aliphatic heterocycles. The molecule has 2 saturated heterocycles. The van der Waals surface area contributed by atoms with Gasteiger partial charge in [0.2, 0.25) is 0 Å². The lowest BCUT2D eigenvalue weighted by atomic mass is 9.95. The second-order valence-corrected chi connectivity index (χ2v) is 7.29. The van der Waals surface area contributed by atoms with Crippen LogP contribution in [0.4, 0.5) is 0 Å². The largest absolute Gasteiger partial charge is 0.347 e. The van der Waals surface area contributed by atoms with Gasteiger partial charge in [-0.2, -0.15) is 0 Å². The molecule has 1 amide bonds. The van der Waals surface area contributed by atoms with Crippen molar-refractivity contribution in [2.24, 2.45) is 0 Å². The van der Waals surface area contributed by atoms with Gasteiger partial charge in [-0.3, -0.25) is 4.79 Å². The van der Waals surface area contributed by atoms with E-state index < -0.39 is 0 Å². The van der Waals surface area contributed by atoms with E-state index in [-0.39, 0.29) is 11.9 Å². The molecule has 1 aromatic heterocycles. The maximum atomic E-state index is 12.4. The molecule has 2 fully saturated rings. The third kappa shape index (κ3) is 2.55. The molecule has 3 heterocycles. The van der Waals surface area contributed by atoms with E-state index in [0.29, 0.717) is 17.0 Å². The smallest absolute Gasteiger partial charge is 0.263 e. The molecule has 5 heteroatoms. The second kappa shape index (κ2) is 5.48. The molecule has 0 spiro atoms. The van der Waals surface area contributed by atoms with Crippen LogP contribution in [-0.4, -0.2) is 29.0 Å². The van der Waals surface area contributed by atoms with E-state index in [0.717, 1.165) is 17.0 Å². The summed E-state index contributed by atoms with van der Waals surface area (Å²) in [7, 11) is 0. The summed E-state index contributed by atoms with van der Waals surface area (Å²) >= 11 is 1.46. The maximum Gasteiger partial charge on any atom is 0.263 e. The number of carbonyl (C=O) groups is 1. The average Bonchev–Trinajstić information content (AvgIpc) is 3.23. The van der Waals surface area contributed by atoms with Gasteiger partial charge in [-0.1, -0.05) is 23.8 Å². The van der Waals surface area contributed by atoms with Gasteiger partial charge in [0.1, 0.15) is 9.88 Å². The van der Waals surface area contributed by atoms with Crippen molar-refractivity contribution < 1.29 is 4.79 Å². The zero-order valence-corrected chi connectivity index (χ0v) is 13.3. The van der Waals surface area contributed by atoms with E-state index in [2.05, 4.69) is 34.7 Å². The van der Waals surface area contributed by atoms with Gasteiger partial charge in [-0.15, -0.1) is 11.3 Å². The minimum atomic E-state index is 0.00996. The van der Waals surface area contributed by atoms with Crippen LogP contribution in [0.15, 0.2) is 30.5 Å². The van der Waals surface area contributed by atoms with Crippen molar-refractivity contribution in [2.45, 2.75) is 44.3 Å². The van der Waals surface area contributed by atoms with Gasteiger partial charge < -0.3 is 10.6 Å². The van der Waals surface area contributed by atoms with Crippen LogP contribution < -0.4 is 10.6 Å². The minimum Gasteiger partial charge on any atom is -0.347 e. The number of carbonyl (C=O) groups excluding carboxylic acids is 1. The first-order valence-electron chi connectivity index (χ1n) is 7.79. The molecule has 0 saturated carbocycles. The number of hydrogen-bond acceptors (Lipinski definition) is 4. The molecule has 3 unspecified atom stereocenters. The molecule has 3 atom stereocenters. The number of fused-ring (bicyclic) bond motifs is 2. The first-order valence-corrected chi connectivity index (χ1v) is 8.60. The SMILES string of the molecule is Cc1cccc(-c2ncc(C(=O)NC3CC4CCC3N4)s2)c1. The molecule has 114 valence electrons. The topological polar surface area (TPSA) is 54.0 Å². The first-order chi connectivity index (χ1) is 10.7. The van der Waals surface area contributed by atoms with Crippen molar-refractivity contribution in [1.29, 1.82) is 0 Å². The summed E-state index contributed by atoms with van der Waals surface area (Å²) in [6.07, 6.45) is 5.17. The highest BCUT2D eigenvalue weighted by Gasteiger charge is 2.39. The zero-order valence-electron chi connectivity index (χ0n) is 12.5. The van der Waals surface area contributed by atoms with Crippen molar-refractivity contribution in [2.75, 3.05) is 0 Å². The van der Waals surface area contributed by atoms with Crippen molar-refractivity contribution in [3.63, 3.8) is 0 Å². The molecule has 0 aliphatic carbocycles. The number of thiazole rings is 1. The van der Waals surface area contributed by atoms with E-state index in [1.807, 2.05) is 12.1 Å². The number of nitrogens with one attached hydrogen (secondary N) is 2. The second-order valence-electron chi connectivity index (χ2n) is 6.26. The maximum absolute atomic E-state index is 12.4. The molecule has 1 aromatic carbocycles. The fourth-order valence-electron chi connectivity index (χ4n) is 3.51. The number of aromatic nitrogens is 1. The highest BCUT2D eigenvalue weighted by Crippen LogP contribution is 2.29. The fraction of sp³-hybridized carbons (Fsp3) is 0.412. The lowest BCUT2D eigenvalue weighted by Gasteiger charge is -2.20. The Morgan fingerprint density at radius 3 is 3.05 bits per heavy atom. The first kappa shape index (κ1) is 13.9. The number of rotatable bonds is 3. The number of hydrogen-bond donors (Lipinski definition) is 2. The van der Waals surface area contributed by atoms with Gasteiger partial charge in [0.25, 0.3) is 5.91 Å². The number of benzene rings is 1. The third-order valence-electron chi connectivity index (χ3n) is 4.61. The van der Waals surface area contributed by atoms with Crippen LogP contribution in [0, 0.1) is 6.92 Å². The lowest BCUT2D eigenvalue weighted by molar-refractivity contribution is 0.0935. The Morgan fingerprint density at radius 2 is 2.32 bits per heavy atom. The van der Waals surface area contributed by atoms with Crippen LogP contribution in [-0.2, 0) is 0 Å². The van der Waals surface area contributed by atoms with Crippen LogP contribution >= 0.6 is 11.3 Å². The van der Waals surface area contributed by atoms with Crippen molar-refractivity contribution in [3.8, 4) is 10.6 Å². The molecule has 2 aliphatic rings. The van der Waals surface area contributed by atoms with Gasteiger partial charge in [0, 0.05) is 23.7 Å². The summed E-state index contributed by atoms with van der Waals surface area (Å²) in [5, 5.41) is 7.62. The van der Waals surface area contributed by atoms with Gasteiger partial charge in [-0.05, 0) is 32.3 Å². The standard InChI is InChI=1S/C17H19N3OS/c1-10-3-2-4-11(7-10)17-18-9-15(22-17)16(21)20-14-8-12-5-6-13(14)19-12/h2-4,7,9,12-14,19H,5-6,8H2,1H3,(H,20,21). The van der Waals surface area contributed by atoms with Gasteiger partial charge in [-0.25, -0.2) is 4.98 Å². The van der Waals surface area contributed by atoms with Crippen LogP contribution in [0.2, 0.25) is 0 Å². The van der Waals surface area contributed by atoms with Gasteiger partial charge >= 0.3 is 0 Å². The Balaban J connectivity index is 1.48. The van der Waals surface area contributed by atoms with E-state index in [1.54, 1.807) is 6.20 Å². The summed E-state index contributed by atoms with van der Waals surface area (Å²) in [5.41, 5.74) is 2.28. The van der Waals surface area contributed by atoms with E-state index in [1.165, 1.54) is 29.7 Å². The summed E-state index contributed by atoms with van der Waals surface area (Å²) in [4.78, 5) is 17.5. The van der Waals surface area contributed by atoms with Crippen LogP contribution in [0.3, 0.4) is 0 Å². The van der Waals surface area contributed by atoms with E-state index in [9.17, 15) is 4.79 Å². The van der Waals surface area contributed by atoms with E-state index in [4.69, 9.17) is 0 Å². The monoisotopic (exact) mass is 313 g/mol. The summed E-state index contributed by atoms with van der Waals surface area (Å²) < 4.78 is 0. The lowest BCUT2D eigenvalue weighted by Crippen LogP contribution is -2.42. The molecule has 2 N–H and O–H groups in total. The Kier molecular flexibility index (Phi) is 3.47. The van der Waals surface area contributed by atoms with Crippen molar-refractivity contribution in [1.82, 2.24) is 15.6 Å². The van der Waals surface area contributed by atoms with Crippen molar-refractivity contribution in [3.05, 3.63) is 40.9 Å². The molecule has 4 rings (SSSR count). The van der Waals surface area contributed by atoms with Crippen LogP contribution in [0.5, 0.6) is 0 Å². The normalized spacial score (nSPS) is 26.3. The summed E-state index contributed by atoms with van der Waals surface area (Å²) in [6.45, 7) is 2.06. The Labute approximate surface area is 134 Å². The quantitative estimate of drug-likeness (QED) is 0.916. The predicted molar refractivity (Wildman–Crippen MR) is 88.1 cm³/mol. The third-order valence-corrected chi connectivity index (χ3v) is 5.66. The Bertz CT molecular complexity index is 711. The predicted octanol–water partition coefficient (Wildman–Crippen LogP) is 2.74. The molecule has 0 radical (unpaired) electrons. The molecular formula is C17H19N3OS. The number of nitrogens with zero attached hydrogens (tertiary/aromatic N) is 1. The fourth-order valence-corrected chi connectivity index (χ4v) is 4.33. The van der Waals surface area contributed by atoms with Gasteiger partial charge in [0.15, 0.2) is 0 Å². The number of aryl methyl sites for hydroxylation is 1. The van der Waals surface area contributed by atoms with Gasteiger partial charge in [0.05, 0.1) is 6.20 Å². The molecule has 2 aromatic rings. The zero-order chi connectivity index (χ0) is 15.1. The molecule has 2 bridgehead atoms. The highest BCUT2D eigenvalue weighted by atomic mass is 32.1. The van der Waals surface area contributed by atoms with E-state index >= 15 is 0 Å². The minimum absolute atomic E-state index is 0.00996. The highest BCUT2D eigenvalue weighted by molar-refractivity contribution is 7.16. The number of amides is 1. The van der Waals surface area contributed by atoms with Crippen molar-refractivity contribution >= 4 is 17.2 Å². The Morgan fingerprint density at radius 1 is 1.41 bits per heavy atom. The summed E-state index contributed by atoms with van der Waals surface area (Å²) in [6, 6.07) is 9.54.